The SMILES string of the molecule is CCS(=O)CCNC(=O)c1cc(Br)ccc1F. The van der Waals surface area contributed by atoms with Crippen LogP contribution in [0, 0.1) is 5.82 Å². The summed E-state index contributed by atoms with van der Waals surface area (Å²) in [6.07, 6.45) is 0. The van der Waals surface area contributed by atoms with Crippen LogP contribution in [0.5, 0.6) is 0 Å². The quantitative estimate of drug-likeness (QED) is 0.902. The van der Waals surface area contributed by atoms with E-state index in [2.05, 4.69) is 21.2 Å². The average molecular weight is 322 g/mol. The molecule has 1 aromatic rings. The van der Waals surface area contributed by atoms with Crippen LogP contribution in [0.1, 0.15) is 17.3 Å². The molecule has 0 spiro atoms. The maximum Gasteiger partial charge on any atom is 0.254 e. The van der Waals surface area contributed by atoms with Crippen LogP contribution < -0.4 is 5.32 Å². The lowest BCUT2D eigenvalue weighted by Gasteiger charge is -2.06. The van der Waals surface area contributed by atoms with Crippen LogP contribution in [0.15, 0.2) is 22.7 Å². The van der Waals surface area contributed by atoms with Gasteiger partial charge < -0.3 is 5.32 Å². The van der Waals surface area contributed by atoms with Crippen molar-refractivity contribution in [3.8, 4) is 0 Å². The van der Waals surface area contributed by atoms with E-state index >= 15 is 0 Å². The van der Waals surface area contributed by atoms with E-state index < -0.39 is 22.5 Å². The number of amides is 1. The Balaban J connectivity index is 2.58. The van der Waals surface area contributed by atoms with Gasteiger partial charge in [-0.3, -0.25) is 9.00 Å². The molecule has 1 unspecified atom stereocenters. The minimum absolute atomic E-state index is 0.0124. The van der Waals surface area contributed by atoms with Crippen molar-refractivity contribution >= 4 is 32.6 Å². The first-order valence-electron chi connectivity index (χ1n) is 5.12. The van der Waals surface area contributed by atoms with Gasteiger partial charge >= 0.3 is 0 Å². The van der Waals surface area contributed by atoms with Crippen LogP contribution in [0.25, 0.3) is 0 Å². The van der Waals surface area contributed by atoms with E-state index in [9.17, 15) is 13.4 Å². The Morgan fingerprint density at radius 2 is 2.24 bits per heavy atom. The Labute approximate surface area is 110 Å². The normalized spacial score (nSPS) is 12.2. The molecule has 1 N–H and O–H groups in total. The molecule has 0 saturated carbocycles. The van der Waals surface area contributed by atoms with Crippen LogP contribution >= 0.6 is 15.9 Å². The predicted molar refractivity (Wildman–Crippen MR) is 70.0 cm³/mol. The third-order valence-electron chi connectivity index (χ3n) is 2.11. The number of carbonyl (C=O) groups is 1. The molecule has 17 heavy (non-hydrogen) atoms. The summed E-state index contributed by atoms with van der Waals surface area (Å²) in [5, 5.41) is 2.54. The molecular formula is C11H13BrFNO2S. The molecule has 1 atom stereocenters. The van der Waals surface area contributed by atoms with Gasteiger partial charge in [0.15, 0.2) is 0 Å². The lowest BCUT2D eigenvalue weighted by atomic mass is 10.2. The Hall–Kier alpha value is -0.750. The number of halogens is 2. The molecule has 0 fully saturated rings. The van der Waals surface area contributed by atoms with Crippen LogP contribution in [0.4, 0.5) is 4.39 Å². The lowest BCUT2D eigenvalue weighted by molar-refractivity contribution is 0.0952. The molecule has 0 aromatic heterocycles. The molecule has 0 bridgehead atoms. The molecule has 0 aliphatic rings. The Kier molecular flexibility index (Phi) is 5.77. The highest BCUT2D eigenvalue weighted by molar-refractivity contribution is 9.10. The summed E-state index contributed by atoms with van der Waals surface area (Å²) in [6.45, 7) is 2.09. The van der Waals surface area contributed by atoms with Gasteiger partial charge in [-0.15, -0.1) is 0 Å². The van der Waals surface area contributed by atoms with Gasteiger partial charge in [-0.2, -0.15) is 0 Å². The molecule has 0 saturated heterocycles. The average Bonchev–Trinajstić information content (AvgIpc) is 2.31. The van der Waals surface area contributed by atoms with Crippen molar-refractivity contribution < 1.29 is 13.4 Å². The highest BCUT2D eigenvalue weighted by Gasteiger charge is 2.11. The molecule has 1 amide bonds. The summed E-state index contributed by atoms with van der Waals surface area (Å²) < 4.78 is 25.1. The monoisotopic (exact) mass is 321 g/mol. The van der Waals surface area contributed by atoms with Gasteiger partial charge in [-0.1, -0.05) is 22.9 Å². The van der Waals surface area contributed by atoms with E-state index in [1.54, 1.807) is 0 Å². The number of benzene rings is 1. The van der Waals surface area contributed by atoms with Crippen molar-refractivity contribution in [2.75, 3.05) is 18.1 Å². The highest BCUT2D eigenvalue weighted by atomic mass is 79.9. The number of rotatable bonds is 5. The minimum atomic E-state index is -0.927. The van der Waals surface area contributed by atoms with Gasteiger partial charge in [-0.25, -0.2) is 4.39 Å². The summed E-state index contributed by atoms with van der Waals surface area (Å²) in [6, 6.07) is 4.17. The standard InChI is InChI=1S/C11H13BrFNO2S/c1-2-17(16)6-5-14-11(15)9-7-8(12)3-4-10(9)13/h3-4,7H,2,5-6H2,1H3,(H,14,15). The summed E-state index contributed by atoms with van der Waals surface area (Å²) in [5.74, 6) is -0.113. The molecule has 1 rings (SSSR count). The summed E-state index contributed by atoms with van der Waals surface area (Å²) in [5.41, 5.74) is -0.0124. The van der Waals surface area contributed by atoms with Crippen molar-refractivity contribution in [3.63, 3.8) is 0 Å². The van der Waals surface area contributed by atoms with E-state index in [1.165, 1.54) is 18.2 Å². The second kappa shape index (κ2) is 6.86. The third kappa shape index (κ3) is 4.55. The van der Waals surface area contributed by atoms with Crippen molar-refractivity contribution in [2.24, 2.45) is 0 Å². The number of hydrogen-bond acceptors (Lipinski definition) is 2. The maximum absolute atomic E-state index is 13.3. The van der Waals surface area contributed by atoms with E-state index in [0.29, 0.717) is 16.0 Å². The lowest BCUT2D eigenvalue weighted by Crippen LogP contribution is -2.28. The molecule has 6 heteroatoms. The smallest absolute Gasteiger partial charge is 0.254 e. The van der Waals surface area contributed by atoms with Gasteiger partial charge in [0.05, 0.1) is 5.56 Å². The van der Waals surface area contributed by atoms with Crippen molar-refractivity contribution in [3.05, 3.63) is 34.1 Å². The van der Waals surface area contributed by atoms with Gasteiger partial charge in [0.2, 0.25) is 0 Å². The Morgan fingerprint density at radius 1 is 1.53 bits per heavy atom. The molecule has 3 nitrogen and oxygen atoms in total. The zero-order chi connectivity index (χ0) is 12.8. The molecule has 0 aliphatic heterocycles. The number of hydrogen-bond donors (Lipinski definition) is 1. The van der Waals surface area contributed by atoms with Gasteiger partial charge in [0.1, 0.15) is 5.82 Å². The summed E-state index contributed by atoms with van der Waals surface area (Å²) in [4.78, 5) is 11.6. The van der Waals surface area contributed by atoms with Crippen molar-refractivity contribution in [1.29, 1.82) is 0 Å². The minimum Gasteiger partial charge on any atom is -0.351 e. The maximum atomic E-state index is 13.3. The summed E-state index contributed by atoms with van der Waals surface area (Å²) >= 11 is 3.17. The zero-order valence-corrected chi connectivity index (χ0v) is 11.7. The molecule has 0 radical (unpaired) electrons. The van der Waals surface area contributed by atoms with Gasteiger partial charge in [-0.05, 0) is 18.2 Å². The molecule has 0 heterocycles. The van der Waals surface area contributed by atoms with E-state index in [1.807, 2.05) is 6.92 Å². The highest BCUT2D eigenvalue weighted by Crippen LogP contribution is 2.15. The van der Waals surface area contributed by atoms with Crippen molar-refractivity contribution in [1.82, 2.24) is 5.32 Å². The Bertz CT molecular complexity index is 439. The molecular weight excluding hydrogens is 309 g/mol. The molecule has 94 valence electrons. The third-order valence-corrected chi connectivity index (χ3v) is 3.91. The first-order valence-corrected chi connectivity index (χ1v) is 7.41. The summed E-state index contributed by atoms with van der Waals surface area (Å²) in [7, 11) is -0.927. The second-order valence-corrected chi connectivity index (χ2v) is 6.09. The fourth-order valence-electron chi connectivity index (χ4n) is 1.19. The first-order chi connectivity index (χ1) is 8.04. The Morgan fingerprint density at radius 3 is 2.88 bits per heavy atom. The predicted octanol–water partition coefficient (Wildman–Crippen LogP) is 2.09. The largest absolute Gasteiger partial charge is 0.351 e. The number of nitrogens with one attached hydrogen (secondary N) is 1. The fraction of sp³-hybridized carbons (Fsp3) is 0.364. The molecule has 0 aliphatic carbocycles. The van der Waals surface area contributed by atoms with Gasteiger partial charge in [0.25, 0.3) is 5.91 Å². The van der Waals surface area contributed by atoms with Gasteiger partial charge in [0, 0.05) is 33.3 Å². The van der Waals surface area contributed by atoms with Crippen LogP contribution in [0.3, 0.4) is 0 Å². The second-order valence-electron chi connectivity index (χ2n) is 3.31. The van der Waals surface area contributed by atoms with Crippen molar-refractivity contribution in [2.45, 2.75) is 6.92 Å². The van der Waals surface area contributed by atoms with E-state index in [-0.39, 0.29) is 12.1 Å². The van der Waals surface area contributed by atoms with E-state index in [4.69, 9.17) is 0 Å². The van der Waals surface area contributed by atoms with Crippen LogP contribution in [0.2, 0.25) is 0 Å². The molecule has 1 aromatic carbocycles. The van der Waals surface area contributed by atoms with E-state index in [0.717, 1.165) is 0 Å². The number of carbonyl (C=O) groups excluding carboxylic acids is 1. The first kappa shape index (κ1) is 14.3. The van der Waals surface area contributed by atoms with Crippen LogP contribution in [-0.2, 0) is 10.8 Å². The topological polar surface area (TPSA) is 46.2 Å². The van der Waals surface area contributed by atoms with Crippen LogP contribution in [-0.4, -0.2) is 28.2 Å². The zero-order valence-electron chi connectivity index (χ0n) is 9.33. The fourth-order valence-corrected chi connectivity index (χ4v) is 2.17.